The number of likely N-dealkylation sites (N-methyl/N-ethyl adjacent to an activating group) is 1. The second-order valence-corrected chi connectivity index (χ2v) is 7.65. The van der Waals surface area contributed by atoms with Gasteiger partial charge in [0.1, 0.15) is 11.3 Å². The monoisotopic (exact) mass is 381 g/mol. The first-order valence-corrected chi connectivity index (χ1v) is 9.66. The van der Waals surface area contributed by atoms with E-state index in [9.17, 15) is 13.6 Å². The zero-order chi connectivity index (χ0) is 19.6. The van der Waals surface area contributed by atoms with Crippen molar-refractivity contribution in [2.75, 3.05) is 53.4 Å². The van der Waals surface area contributed by atoms with E-state index < -0.39 is 17.5 Å². The number of carbonyl (C=O) groups excluding carboxylic acids is 1. The molecule has 0 aromatic heterocycles. The van der Waals surface area contributed by atoms with Crippen LogP contribution in [0.5, 0.6) is 5.75 Å². The molecule has 27 heavy (non-hydrogen) atoms. The molecule has 1 atom stereocenters. The fourth-order valence-electron chi connectivity index (χ4n) is 4.17. The summed E-state index contributed by atoms with van der Waals surface area (Å²) in [5, 5.41) is 0. The Morgan fingerprint density at radius 1 is 1.11 bits per heavy atom. The van der Waals surface area contributed by atoms with E-state index >= 15 is 0 Å². The molecule has 1 amide bonds. The maximum atomic E-state index is 14.2. The molecule has 3 rings (SSSR count). The minimum Gasteiger partial charge on any atom is -0.496 e. The molecule has 0 N–H and O–H groups in total. The third-order valence-corrected chi connectivity index (χ3v) is 6.11. The first-order valence-electron chi connectivity index (χ1n) is 9.66. The highest BCUT2D eigenvalue weighted by atomic mass is 19.2. The molecule has 2 saturated heterocycles. The largest absolute Gasteiger partial charge is 0.496 e. The second kappa shape index (κ2) is 8.52. The Labute approximate surface area is 159 Å². The summed E-state index contributed by atoms with van der Waals surface area (Å²) in [7, 11) is 3.50. The van der Waals surface area contributed by atoms with Crippen molar-refractivity contribution < 1.29 is 18.3 Å². The Morgan fingerprint density at radius 2 is 1.74 bits per heavy atom. The van der Waals surface area contributed by atoms with E-state index in [2.05, 4.69) is 23.8 Å². The van der Waals surface area contributed by atoms with Crippen molar-refractivity contribution in [3.05, 3.63) is 29.3 Å². The van der Waals surface area contributed by atoms with E-state index in [0.717, 1.165) is 45.1 Å². The summed E-state index contributed by atoms with van der Waals surface area (Å²) in [6.45, 7) is 7.69. The first kappa shape index (κ1) is 20.0. The highest BCUT2D eigenvalue weighted by Gasteiger charge is 2.33. The van der Waals surface area contributed by atoms with Gasteiger partial charge in [-0.05, 0) is 44.9 Å². The van der Waals surface area contributed by atoms with Crippen molar-refractivity contribution in [3.63, 3.8) is 0 Å². The van der Waals surface area contributed by atoms with Gasteiger partial charge in [-0.1, -0.05) is 0 Å². The van der Waals surface area contributed by atoms with E-state index in [1.165, 1.54) is 13.2 Å². The Hall–Kier alpha value is -1.73. The molecule has 2 aliphatic rings. The highest BCUT2D eigenvalue weighted by Crippen LogP contribution is 2.29. The van der Waals surface area contributed by atoms with Crippen LogP contribution in [0.4, 0.5) is 8.78 Å². The summed E-state index contributed by atoms with van der Waals surface area (Å²) in [6.07, 6.45) is 1.75. The molecule has 1 unspecified atom stereocenters. The molecule has 2 heterocycles. The molecular formula is C20H29F2N3O2. The lowest BCUT2D eigenvalue weighted by Crippen LogP contribution is -2.52. The van der Waals surface area contributed by atoms with Crippen molar-refractivity contribution in [1.29, 1.82) is 0 Å². The zero-order valence-electron chi connectivity index (χ0n) is 16.4. The van der Waals surface area contributed by atoms with Gasteiger partial charge in [0.2, 0.25) is 0 Å². The van der Waals surface area contributed by atoms with Gasteiger partial charge in [-0.3, -0.25) is 9.69 Å². The number of likely N-dealkylation sites (tertiary alicyclic amines) is 1. The number of halogens is 2. The summed E-state index contributed by atoms with van der Waals surface area (Å²) in [6, 6.07) is 2.75. The van der Waals surface area contributed by atoms with Gasteiger partial charge in [0.25, 0.3) is 5.91 Å². The molecule has 0 radical (unpaired) electrons. The molecule has 2 aliphatic heterocycles. The summed E-state index contributed by atoms with van der Waals surface area (Å²) in [4.78, 5) is 19.3. The van der Waals surface area contributed by atoms with Crippen LogP contribution < -0.4 is 4.74 Å². The van der Waals surface area contributed by atoms with Crippen LogP contribution in [-0.4, -0.2) is 80.1 Å². The number of methoxy groups -OCH3 is 1. The summed E-state index contributed by atoms with van der Waals surface area (Å²) in [5.41, 5.74) is -0.303. The number of carbonyl (C=O) groups is 1. The van der Waals surface area contributed by atoms with Crippen LogP contribution in [0.1, 0.15) is 30.1 Å². The predicted molar refractivity (Wildman–Crippen MR) is 100 cm³/mol. The molecule has 0 spiro atoms. The number of ether oxygens (including phenoxy) is 1. The van der Waals surface area contributed by atoms with Crippen molar-refractivity contribution in [2.45, 2.75) is 25.8 Å². The third-order valence-electron chi connectivity index (χ3n) is 6.11. The predicted octanol–water partition coefficient (Wildman–Crippen LogP) is 2.46. The SMILES string of the molecule is COc1ccc(F)c(F)c1C(=O)N1CCC(C(C)N2CCN(C)CC2)CC1. The number of hydrogen-bond donors (Lipinski definition) is 0. The minimum atomic E-state index is -1.13. The molecule has 0 saturated carbocycles. The molecular weight excluding hydrogens is 352 g/mol. The van der Waals surface area contributed by atoms with Gasteiger partial charge in [-0.15, -0.1) is 0 Å². The van der Waals surface area contributed by atoms with Crippen molar-refractivity contribution in [3.8, 4) is 5.75 Å². The van der Waals surface area contributed by atoms with Crippen LogP contribution in [0.15, 0.2) is 12.1 Å². The number of nitrogens with zero attached hydrogens (tertiary/aromatic N) is 3. The molecule has 1 aromatic carbocycles. The van der Waals surface area contributed by atoms with E-state index in [-0.39, 0.29) is 11.3 Å². The summed E-state index contributed by atoms with van der Waals surface area (Å²) >= 11 is 0. The zero-order valence-corrected chi connectivity index (χ0v) is 16.4. The number of piperidine rings is 1. The van der Waals surface area contributed by atoms with Crippen LogP contribution >= 0.6 is 0 Å². The quantitative estimate of drug-likeness (QED) is 0.803. The van der Waals surface area contributed by atoms with Gasteiger partial charge >= 0.3 is 0 Å². The van der Waals surface area contributed by atoms with Crippen molar-refractivity contribution >= 4 is 5.91 Å². The molecule has 2 fully saturated rings. The number of rotatable bonds is 4. The summed E-state index contributed by atoms with van der Waals surface area (Å²) < 4.78 is 32.9. The maximum Gasteiger partial charge on any atom is 0.260 e. The number of hydrogen-bond acceptors (Lipinski definition) is 4. The Balaban J connectivity index is 1.62. The van der Waals surface area contributed by atoms with Gasteiger partial charge in [-0.25, -0.2) is 8.78 Å². The summed E-state index contributed by atoms with van der Waals surface area (Å²) in [5.74, 6) is -2.07. The highest BCUT2D eigenvalue weighted by molar-refractivity contribution is 5.97. The number of amides is 1. The fourth-order valence-corrected chi connectivity index (χ4v) is 4.17. The van der Waals surface area contributed by atoms with Crippen molar-refractivity contribution in [2.24, 2.45) is 5.92 Å². The smallest absolute Gasteiger partial charge is 0.260 e. The van der Waals surface area contributed by atoms with Gasteiger partial charge < -0.3 is 14.5 Å². The van der Waals surface area contributed by atoms with Gasteiger partial charge in [0.05, 0.1) is 7.11 Å². The fraction of sp³-hybridized carbons (Fsp3) is 0.650. The minimum absolute atomic E-state index is 0.0758. The Bertz CT molecular complexity index is 669. The molecule has 0 aliphatic carbocycles. The first-order chi connectivity index (χ1) is 12.9. The van der Waals surface area contributed by atoms with E-state index in [1.54, 1.807) is 4.90 Å². The lowest BCUT2D eigenvalue weighted by Gasteiger charge is -2.42. The molecule has 1 aromatic rings. The van der Waals surface area contributed by atoms with Crippen LogP contribution in [0.25, 0.3) is 0 Å². The van der Waals surface area contributed by atoms with E-state index in [4.69, 9.17) is 4.74 Å². The molecule has 0 bridgehead atoms. The molecule has 7 heteroatoms. The topological polar surface area (TPSA) is 36.0 Å². The molecule has 150 valence electrons. The molecule has 5 nitrogen and oxygen atoms in total. The van der Waals surface area contributed by atoms with E-state index in [1.807, 2.05) is 0 Å². The van der Waals surface area contributed by atoms with Gasteiger partial charge in [0, 0.05) is 45.3 Å². The van der Waals surface area contributed by atoms with E-state index in [0.29, 0.717) is 25.0 Å². The Morgan fingerprint density at radius 3 is 2.33 bits per heavy atom. The van der Waals surface area contributed by atoms with Gasteiger partial charge in [0.15, 0.2) is 11.6 Å². The second-order valence-electron chi connectivity index (χ2n) is 7.65. The average Bonchev–Trinajstić information content (AvgIpc) is 2.69. The standard InChI is InChI=1S/C20H29F2N3O2/c1-14(24-12-10-23(2)11-13-24)15-6-8-25(9-7-15)20(26)18-17(27-3)5-4-16(21)19(18)22/h4-5,14-15H,6-13H2,1-3H3. The lowest BCUT2D eigenvalue weighted by molar-refractivity contribution is 0.0494. The van der Waals surface area contributed by atoms with Crippen LogP contribution in [0, 0.1) is 17.6 Å². The number of benzene rings is 1. The van der Waals surface area contributed by atoms with Crippen LogP contribution in [-0.2, 0) is 0 Å². The third kappa shape index (κ3) is 4.24. The number of piperazine rings is 1. The van der Waals surface area contributed by atoms with Crippen LogP contribution in [0.2, 0.25) is 0 Å². The average molecular weight is 381 g/mol. The normalized spacial score (nSPS) is 21.3. The maximum absolute atomic E-state index is 14.2. The Kier molecular flexibility index (Phi) is 6.32. The van der Waals surface area contributed by atoms with Gasteiger partial charge in [-0.2, -0.15) is 0 Å². The lowest BCUT2D eigenvalue weighted by atomic mass is 9.88. The van der Waals surface area contributed by atoms with Crippen LogP contribution in [0.3, 0.4) is 0 Å². The van der Waals surface area contributed by atoms with Crippen molar-refractivity contribution in [1.82, 2.24) is 14.7 Å².